The molecular weight excluding hydrogens is 521 g/mol. The third-order valence-electron chi connectivity index (χ3n) is 4.39. The lowest BCUT2D eigenvalue weighted by Gasteiger charge is -2.13. The molecule has 29 heavy (non-hydrogen) atoms. The molecule has 9 heteroatoms. The predicted molar refractivity (Wildman–Crippen MR) is 133 cm³/mol. The van der Waals surface area contributed by atoms with Crippen molar-refractivity contribution in [2.24, 2.45) is 4.99 Å². The normalized spacial score (nSPS) is 12.6. The van der Waals surface area contributed by atoms with Gasteiger partial charge in [-0.25, -0.2) is 4.98 Å². The molecule has 0 aliphatic heterocycles. The van der Waals surface area contributed by atoms with E-state index in [4.69, 9.17) is 11.6 Å². The van der Waals surface area contributed by atoms with E-state index in [9.17, 15) is 5.11 Å². The van der Waals surface area contributed by atoms with Gasteiger partial charge in [0.05, 0.1) is 21.9 Å². The molecule has 0 amide bonds. The van der Waals surface area contributed by atoms with E-state index in [0.717, 1.165) is 42.3 Å². The monoisotopic (exact) mass is 547 g/mol. The zero-order valence-electron chi connectivity index (χ0n) is 16.6. The fraction of sp³-hybridized carbons (Fsp3) is 0.400. The predicted octanol–water partition coefficient (Wildman–Crippen LogP) is 4.36. The number of hydrogen-bond acceptors (Lipinski definition) is 4. The molecule has 1 atom stereocenters. The average Bonchev–Trinajstić information content (AvgIpc) is 3.25. The minimum atomic E-state index is -0.645. The lowest BCUT2D eigenvalue weighted by atomic mass is 10.3. The van der Waals surface area contributed by atoms with Crippen molar-refractivity contribution < 1.29 is 5.11 Å². The van der Waals surface area contributed by atoms with Gasteiger partial charge in [0.1, 0.15) is 11.9 Å². The van der Waals surface area contributed by atoms with Crippen molar-refractivity contribution in [3.05, 3.63) is 51.4 Å². The summed E-state index contributed by atoms with van der Waals surface area (Å²) in [7, 11) is 0. The first-order valence-electron chi connectivity index (χ1n) is 9.46. The Hall–Kier alpha value is -1.36. The Balaban J connectivity index is 0.00000300. The molecule has 2 aromatic heterocycles. The number of para-hydroxylation sites is 2. The molecule has 3 aromatic rings. The Kier molecular flexibility index (Phi) is 9.67. The molecule has 0 saturated carbocycles. The molecule has 1 unspecified atom stereocenters. The fourth-order valence-electron chi connectivity index (χ4n) is 3.04. The highest BCUT2D eigenvalue weighted by atomic mass is 127. The van der Waals surface area contributed by atoms with Crippen LogP contribution in [0.4, 0.5) is 0 Å². The second kappa shape index (κ2) is 11.7. The topological polar surface area (TPSA) is 74.5 Å². The van der Waals surface area contributed by atoms with Crippen LogP contribution in [-0.2, 0) is 6.54 Å². The van der Waals surface area contributed by atoms with Gasteiger partial charge >= 0.3 is 0 Å². The van der Waals surface area contributed by atoms with Crippen molar-refractivity contribution in [1.82, 2.24) is 20.2 Å². The summed E-state index contributed by atoms with van der Waals surface area (Å²) in [6, 6.07) is 11.8. The van der Waals surface area contributed by atoms with Crippen LogP contribution >= 0.6 is 46.9 Å². The highest BCUT2D eigenvalue weighted by molar-refractivity contribution is 14.0. The van der Waals surface area contributed by atoms with Gasteiger partial charge in [0.25, 0.3) is 0 Å². The first kappa shape index (κ1) is 23.9. The van der Waals surface area contributed by atoms with Gasteiger partial charge in [0.2, 0.25) is 0 Å². The Morgan fingerprint density at radius 1 is 1.28 bits per heavy atom. The van der Waals surface area contributed by atoms with Gasteiger partial charge in [0, 0.05) is 24.5 Å². The SMILES string of the molecule is CCNC(=NCC(O)c1ccc(Cl)s1)NCCCn1c(C)nc2ccccc21.I. The van der Waals surface area contributed by atoms with Gasteiger partial charge in [-0.3, -0.25) is 4.99 Å². The van der Waals surface area contributed by atoms with Gasteiger partial charge < -0.3 is 20.3 Å². The van der Waals surface area contributed by atoms with Crippen molar-refractivity contribution in [2.45, 2.75) is 32.9 Å². The average molecular weight is 548 g/mol. The number of fused-ring (bicyclic) bond motifs is 1. The van der Waals surface area contributed by atoms with Gasteiger partial charge in [0.15, 0.2) is 5.96 Å². The number of aryl methyl sites for hydroxylation is 2. The highest BCUT2D eigenvalue weighted by Gasteiger charge is 2.10. The Morgan fingerprint density at radius 2 is 2.07 bits per heavy atom. The number of nitrogens with one attached hydrogen (secondary N) is 2. The number of halogens is 2. The number of aliphatic hydroxyl groups is 1. The second-order valence-electron chi connectivity index (χ2n) is 6.46. The van der Waals surface area contributed by atoms with Crippen LogP contribution < -0.4 is 10.6 Å². The summed E-state index contributed by atoms with van der Waals surface area (Å²) in [5.41, 5.74) is 2.20. The number of benzene rings is 1. The van der Waals surface area contributed by atoms with Crippen molar-refractivity contribution in [3.8, 4) is 0 Å². The summed E-state index contributed by atoms with van der Waals surface area (Å²) in [6.45, 7) is 6.77. The number of imidazole rings is 1. The third-order valence-corrected chi connectivity index (χ3v) is 5.72. The van der Waals surface area contributed by atoms with E-state index >= 15 is 0 Å². The van der Waals surface area contributed by atoms with E-state index in [1.165, 1.54) is 16.9 Å². The lowest BCUT2D eigenvalue weighted by Crippen LogP contribution is -2.38. The molecule has 6 nitrogen and oxygen atoms in total. The quantitative estimate of drug-likeness (QED) is 0.170. The van der Waals surface area contributed by atoms with Crippen molar-refractivity contribution in [3.63, 3.8) is 0 Å². The van der Waals surface area contributed by atoms with Gasteiger partial charge in [-0.05, 0) is 44.5 Å². The van der Waals surface area contributed by atoms with Crippen LogP contribution in [0.5, 0.6) is 0 Å². The van der Waals surface area contributed by atoms with Gasteiger partial charge in [-0.2, -0.15) is 0 Å². The lowest BCUT2D eigenvalue weighted by molar-refractivity contribution is 0.191. The summed E-state index contributed by atoms with van der Waals surface area (Å²) in [5.74, 6) is 1.73. The van der Waals surface area contributed by atoms with E-state index in [1.54, 1.807) is 6.07 Å². The molecule has 3 N–H and O–H groups in total. The van der Waals surface area contributed by atoms with Crippen LogP contribution in [0.1, 0.15) is 30.2 Å². The van der Waals surface area contributed by atoms with E-state index < -0.39 is 6.10 Å². The first-order chi connectivity index (χ1) is 13.6. The standard InChI is InChI=1S/C20H26ClN5OS.HI/c1-3-22-20(24-13-17(27)18-9-10-19(21)28-18)23-11-6-12-26-14(2)25-15-7-4-5-8-16(15)26;/h4-5,7-10,17,27H,3,6,11-13H2,1-2H3,(H2,22,23,24);1H. The van der Waals surface area contributed by atoms with Crippen molar-refractivity contribution >= 4 is 63.9 Å². The Labute approximate surface area is 197 Å². The number of nitrogens with zero attached hydrogens (tertiary/aromatic N) is 3. The zero-order chi connectivity index (χ0) is 19.9. The smallest absolute Gasteiger partial charge is 0.191 e. The number of thiophene rings is 1. The van der Waals surface area contributed by atoms with Crippen LogP contribution in [0.25, 0.3) is 11.0 Å². The minimum absolute atomic E-state index is 0. The van der Waals surface area contributed by atoms with Crippen LogP contribution in [0.2, 0.25) is 4.34 Å². The molecule has 0 aliphatic rings. The van der Waals surface area contributed by atoms with Crippen LogP contribution in [0.15, 0.2) is 41.4 Å². The summed E-state index contributed by atoms with van der Waals surface area (Å²) in [4.78, 5) is 9.92. The number of aromatic nitrogens is 2. The molecule has 0 radical (unpaired) electrons. The number of aliphatic imine (C=N–C) groups is 1. The zero-order valence-corrected chi connectivity index (χ0v) is 20.5. The Bertz CT molecular complexity index is 942. The van der Waals surface area contributed by atoms with E-state index in [1.807, 2.05) is 38.1 Å². The molecule has 0 aliphatic carbocycles. The number of guanidine groups is 1. The van der Waals surface area contributed by atoms with Crippen molar-refractivity contribution in [1.29, 1.82) is 0 Å². The molecule has 1 aromatic carbocycles. The molecule has 0 fully saturated rings. The minimum Gasteiger partial charge on any atom is -0.386 e. The number of rotatable bonds is 8. The molecule has 0 bridgehead atoms. The highest BCUT2D eigenvalue weighted by Crippen LogP contribution is 2.26. The molecular formula is C20H27ClIN5OS. The van der Waals surface area contributed by atoms with Crippen molar-refractivity contribution in [2.75, 3.05) is 19.6 Å². The Morgan fingerprint density at radius 3 is 2.79 bits per heavy atom. The maximum Gasteiger partial charge on any atom is 0.191 e. The largest absolute Gasteiger partial charge is 0.386 e. The summed E-state index contributed by atoms with van der Waals surface area (Å²) in [5, 5.41) is 16.8. The third kappa shape index (κ3) is 6.56. The van der Waals surface area contributed by atoms with E-state index in [-0.39, 0.29) is 30.5 Å². The molecule has 0 saturated heterocycles. The molecule has 2 heterocycles. The maximum absolute atomic E-state index is 10.3. The fourth-order valence-corrected chi connectivity index (χ4v) is 4.08. The van der Waals surface area contributed by atoms with E-state index in [0.29, 0.717) is 10.3 Å². The number of hydrogen-bond donors (Lipinski definition) is 3. The first-order valence-corrected chi connectivity index (χ1v) is 10.6. The summed E-state index contributed by atoms with van der Waals surface area (Å²) < 4.78 is 2.91. The summed E-state index contributed by atoms with van der Waals surface area (Å²) >= 11 is 7.31. The van der Waals surface area contributed by atoms with Crippen LogP contribution in [0, 0.1) is 6.92 Å². The van der Waals surface area contributed by atoms with E-state index in [2.05, 4.69) is 31.2 Å². The summed E-state index contributed by atoms with van der Waals surface area (Å²) in [6.07, 6.45) is 0.294. The van der Waals surface area contributed by atoms with Crippen LogP contribution in [-0.4, -0.2) is 40.3 Å². The molecule has 0 spiro atoms. The molecule has 3 rings (SSSR count). The maximum atomic E-state index is 10.3. The van der Waals surface area contributed by atoms with Crippen LogP contribution in [0.3, 0.4) is 0 Å². The number of aliphatic hydroxyl groups excluding tert-OH is 1. The van der Waals surface area contributed by atoms with Gasteiger partial charge in [-0.1, -0.05) is 23.7 Å². The second-order valence-corrected chi connectivity index (χ2v) is 8.20. The molecule has 158 valence electrons. The van der Waals surface area contributed by atoms with Gasteiger partial charge in [-0.15, -0.1) is 35.3 Å².